The van der Waals surface area contributed by atoms with Crippen molar-refractivity contribution in [1.29, 1.82) is 0 Å². The maximum atomic E-state index is 12.8. The van der Waals surface area contributed by atoms with Crippen molar-refractivity contribution in [3.05, 3.63) is 59.7 Å². The molecule has 0 aromatic heterocycles. The summed E-state index contributed by atoms with van der Waals surface area (Å²) in [6.07, 6.45) is -4.55. The first-order valence-corrected chi connectivity index (χ1v) is 11.9. The molecule has 0 spiro atoms. The first-order valence-electron chi connectivity index (χ1n) is 10.5. The zero-order chi connectivity index (χ0) is 25.1. The highest BCUT2D eigenvalue weighted by molar-refractivity contribution is 7.89. The predicted octanol–water partition coefficient (Wildman–Crippen LogP) is 3.44. The molecule has 1 unspecified atom stereocenters. The van der Waals surface area contributed by atoms with Gasteiger partial charge in [0, 0.05) is 38.8 Å². The van der Waals surface area contributed by atoms with Crippen LogP contribution in [0.2, 0.25) is 0 Å². The molecule has 0 aliphatic carbocycles. The van der Waals surface area contributed by atoms with Crippen LogP contribution in [0.4, 0.5) is 23.7 Å². The molecule has 8 nitrogen and oxygen atoms in total. The minimum Gasteiger partial charge on any atom is -0.331 e. The van der Waals surface area contributed by atoms with E-state index >= 15 is 0 Å². The summed E-state index contributed by atoms with van der Waals surface area (Å²) in [4.78, 5) is 25.2. The van der Waals surface area contributed by atoms with Gasteiger partial charge in [-0.3, -0.25) is 4.79 Å². The van der Waals surface area contributed by atoms with Crippen LogP contribution in [0.1, 0.15) is 31.0 Å². The quantitative estimate of drug-likeness (QED) is 0.660. The van der Waals surface area contributed by atoms with Crippen LogP contribution in [0.15, 0.2) is 53.4 Å². The van der Waals surface area contributed by atoms with Gasteiger partial charge in [0.05, 0.1) is 16.5 Å². The summed E-state index contributed by atoms with van der Waals surface area (Å²) in [7, 11) is -3.98. The number of halogens is 3. The highest BCUT2D eigenvalue weighted by Gasteiger charge is 2.33. The van der Waals surface area contributed by atoms with Crippen LogP contribution < -0.4 is 10.6 Å². The van der Waals surface area contributed by atoms with Crippen LogP contribution in [0.5, 0.6) is 0 Å². The van der Waals surface area contributed by atoms with E-state index in [9.17, 15) is 31.2 Å². The second-order valence-corrected chi connectivity index (χ2v) is 9.83. The van der Waals surface area contributed by atoms with Gasteiger partial charge >= 0.3 is 12.2 Å². The van der Waals surface area contributed by atoms with Gasteiger partial charge in [-0.25, -0.2) is 13.2 Å². The molecule has 2 aromatic carbocycles. The third kappa shape index (κ3) is 6.06. The van der Waals surface area contributed by atoms with E-state index in [2.05, 4.69) is 10.6 Å². The van der Waals surface area contributed by atoms with Gasteiger partial charge in [-0.1, -0.05) is 12.1 Å². The molecule has 1 fully saturated rings. The van der Waals surface area contributed by atoms with E-state index in [1.807, 2.05) is 6.07 Å². The second-order valence-electron chi connectivity index (χ2n) is 7.89. The van der Waals surface area contributed by atoms with E-state index in [0.717, 1.165) is 34.1 Å². The van der Waals surface area contributed by atoms with E-state index in [-0.39, 0.29) is 49.1 Å². The van der Waals surface area contributed by atoms with Gasteiger partial charge in [0.2, 0.25) is 15.9 Å². The number of carbonyl (C=O) groups excluding carboxylic acids is 2. The van der Waals surface area contributed by atoms with Gasteiger partial charge in [0.15, 0.2) is 0 Å². The number of hydrogen-bond donors (Lipinski definition) is 2. The van der Waals surface area contributed by atoms with Crippen molar-refractivity contribution in [2.24, 2.45) is 0 Å². The number of piperazine rings is 1. The molecule has 1 aliphatic heterocycles. The first kappa shape index (κ1) is 25.5. The number of rotatable bonds is 5. The number of benzene rings is 2. The van der Waals surface area contributed by atoms with Crippen molar-refractivity contribution in [2.75, 3.05) is 31.5 Å². The molecule has 1 atom stereocenters. The lowest BCUT2D eigenvalue weighted by Crippen LogP contribution is -2.53. The lowest BCUT2D eigenvalue weighted by atomic mass is 10.1. The second kappa shape index (κ2) is 10.0. The number of anilines is 1. The van der Waals surface area contributed by atoms with Crippen molar-refractivity contribution in [3.63, 3.8) is 0 Å². The molecule has 0 radical (unpaired) electrons. The molecule has 1 aliphatic rings. The third-order valence-corrected chi connectivity index (χ3v) is 7.31. The molecule has 1 heterocycles. The summed E-state index contributed by atoms with van der Waals surface area (Å²) in [5, 5.41) is 5.53. The van der Waals surface area contributed by atoms with Gasteiger partial charge in [-0.15, -0.1) is 0 Å². The van der Waals surface area contributed by atoms with Crippen molar-refractivity contribution in [2.45, 2.75) is 31.0 Å². The molecule has 3 amide bonds. The Morgan fingerprint density at radius 3 is 2.18 bits per heavy atom. The zero-order valence-corrected chi connectivity index (χ0v) is 19.4. The molecule has 12 heteroatoms. The molecular formula is C22H25F3N4O4S. The van der Waals surface area contributed by atoms with Crippen LogP contribution in [0.25, 0.3) is 0 Å². The van der Waals surface area contributed by atoms with E-state index in [1.54, 1.807) is 25.1 Å². The number of sulfonamides is 1. The highest BCUT2D eigenvalue weighted by atomic mass is 32.2. The largest absolute Gasteiger partial charge is 0.416 e. The van der Waals surface area contributed by atoms with Crippen molar-refractivity contribution in [1.82, 2.24) is 14.5 Å². The van der Waals surface area contributed by atoms with Crippen molar-refractivity contribution >= 4 is 27.6 Å². The zero-order valence-electron chi connectivity index (χ0n) is 18.6. The molecular weight excluding hydrogens is 473 g/mol. The fraction of sp³-hybridized carbons (Fsp3) is 0.364. The number of hydrogen-bond acceptors (Lipinski definition) is 4. The summed E-state index contributed by atoms with van der Waals surface area (Å²) in [5.74, 6) is -0.210. The Balaban J connectivity index is 1.58. The predicted molar refractivity (Wildman–Crippen MR) is 119 cm³/mol. The van der Waals surface area contributed by atoms with E-state index in [0.29, 0.717) is 5.69 Å². The van der Waals surface area contributed by atoms with Crippen LogP contribution in [0.3, 0.4) is 0 Å². The minimum atomic E-state index is -4.55. The van der Waals surface area contributed by atoms with E-state index in [4.69, 9.17) is 0 Å². The lowest BCUT2D eigenvalue weighted by molar-refractivity contribution is -0.137. The van der Waals surface area contributed by atoms with Crippen LogP contribution >= 0.6 is 0 Å². The summed E-state index contributed by atoms with van der Waals surface area (Å²) in [6, 6.07) is 9.66. The SMILES string of the molecule is CC(=O)Nc1cccc(C(C)NC(=O)N2CCN(S(=O)(=O)c3ccc(C(F)(F)F)cc3)CC2)c1. The van der Waals surface area contributed by atoms with Crippen LogP contribution in [-0.2, 0) is 21.0 Å². The summed E-state index contributed by atoms with van der Waals surface area (Å²) >= 11 is 0. The monoisotopic (exact) mass is 498 g/mol. The third-order valence-electron chi connectivity index (χ3n) is 5.39. The fourth-order valence-electron chi connectivity index (χ4n) is 3.55. The summed E-state index contributed by atoms with van der Waals surface area (Å²) < 4.78 is 64.9. The number of nitrogens with zero attached hydrogens (tertiary/aromatic N) is 2. The van der Waals surface area contributed by atoms with Crippen LogP contribution in [-0.4, -0.2) is 55.7 Å². The molecule has 2 aromatic rings. The van der Waals surface area contributed by atoms with Gasteiger partial charge in [-0.2, -0.15) is 17.5 Å². The Kier molecular flexibility index (Phi) is 7.51. The Bertz CT molecular complexity index is 1150. The van der Waals surface area contributed by atoms with E-state index < -0.39 is 21.8 Å². The first-order chi connectivity index (χ1) is 15.9. The number of carbonyl (C=O) groups is 2. The smallest absolute Gasteiger partial charge is 0.331 e. The normalized spacial score (nSPS) is 16.1. The number of urea groups is 1. The Morgan fingerprint density at radius 2 is 1.62 bits per heavy atom. The number of alkyl halides is 3. The van der Waals surface area contributed by atoms with Crippen LogP contribution in [0, 0.1) is 0 Å². The molecule has 0 saturated carbocycles. The highest BCUT2D eigenvalue weighted by Crippen LogP contribution is 2.30. The molecule has 1 saturated heterocycles. The maximum absolute atomic E-state index is 12.8. The van der Waals surface area contributed by atoms with Gasteiger partial charge in [0.1, 0.15) is 0 Å². The van der Waals surface area contributed by atoms with Gasteiger partial charge in [0.25, 0.3) is 0 Å². The van der Waals surface area contributed by atoms with Gasteiger partial charge in [-0.05, 0) is 48.9 Å². The molecule has 0 bridgehead atoms. The molecule has 184 valence electrons. The minimum absolute atomic E-state index is 0.0170. The average molecular weight is 499 g/mol. The van der Waals surface area contributed by atoms with Crippen molar-refractivity contribution < 1.29 is 31.2 Å². The van der Waals surface area contributed by atoms with Crippen molar-refractivity contribution in [3.8, 4) is 0 Å². The summed E-state index contributed by atoms with van der Waals surface area (Å²) in [6.45, 7) is 3.48. The average Bonchev–Trinajstić information content (AvgIpc) is 2.78. The maximum Gasteiger partial charge on any atom is 0.416 e. The number of nitrogens with one attached hydrogen (secondary N) is 2. The molecule has 3 rings (SSSR count). The topological polar surface area (TPSA) is 98.8 Å². The molecule has 2 N–H and O–H groups in total. The van der Waals surface area contributed by atoms with E-state index in [1.165, 1.54) is 11.8 Å². The molecule has 34 heavy (non-hydrogen) atoms. The lowest BCUT2D eigenvalue weighted by Gasteiger charge is -2.34. The Hall–Kier alpha value is -3.12. The number of amides is 3. The van der Waals surface area contributed by atoms with Gasteiger partial charge < -0.3 is 15.5 Å². The standard InChI is InChI=1S/C22H25F3N4O4S/c1-15(17-4-3-5-19(14-17)27-16(2)30)26-21(31)28-10-12-29(13-11-28)34(32,33)20-8-6-18(7-9-20)22(23,24)25/h3-9,14-15H,10-13H2,1-2H3,(H,26,31)(H,27,30). The fourth-order valence-corrected chi connectivity index (χ4v) is 4.97. The summed E-state index contributed by atoms with van der Waals surface area (Å²) in [5.41, 5.74) is 0.459. The Labute approximate surface area is 195 Å². The Morgan fingerprint density at radius 1 is 1.00 bits per heavy atom.